The van der Waals surface area contributed by atoms with Crippen molar-refractivity contribution in [3.8, 4) is 0 Å². The maximum absolute atomic E-state index is 14.2. The molecule has 8 heteroatoms. The second kappa shape index (κ2) is 8.08. The van der Waals surface area contributed by atoms with Crippen molar-refractivity contribution in [2.75, 3.05) is 13.2 Å². The number of nitrogens with one attached hydrogen (secondary N) is 1. The third kappa shape index (κ3) is 3.84. The van der Waals surface area contributed by atoms with Crippen LogP contribution in [0.5, 0.6) is 0 Å². The molecule has 29 heavy (non-hydrogen) atoms. The smallest absolute Gasteiger partial charge is 0.256 e. The molecule has 1 atom stereocenters. The summed E-state index contributed by atoms with van der Waals surface area (Å²) in [5.41, 5.74) is 3.65. The van der Waals surface area contributed by atoms with E-state index in [9.17, 15) is 9.18 Å². The van der Waals surface area contributed by atoms with Gasteiger partial charge in [-0.2, -0.15) is 5.10 Å². The molecule has 0 bridgehead atoms. The van der Waals surface area contributed by atoms with E-state index in [-0.39, 0.29) is 17.8 Å². The first-order valence-corrected chi connectivity index (χ1v) is 10.00. The summed E-state index contributed by atoms with van der Waals surface area (Å²) in [6.45, 7) is 4.94. The molecule has 1 aliphatic rings. The van der Waals surface area contributed by atoms with Crippen LogP contribution in [0.4, 0.5) is 4.39 Å². The third-order valence-corrected chi connectivity index (χ3v) is 5.74. The number of benzene rings is 1. The van der Waals surface area contributed by atoms with E-state index in [1.165, 1.54) is 12.3 Å². The fourth-order valence-corrected chi connectivity index (χ4v) is 3.94. The number of fused-ring (bicyclic) bond motifs is 1. The number of nitrogens with zero attached hydrogens (tertiary/aromatic N) is 3. The Morgan fingerprint density at radius 1 is 1.38 bits per heavy atom. The highest BCUT2D eigenvalue weighted by Crippen LogP contribution is 2.26. The topological polar surface area (TPSA) is 68.5 Å². The Bertz CT molecular complexity index is 1060. The van der Waals surface area contributed by atoms with Crippen LogP contribution in [0.2, 0.25) is 5.02 Å². The van der Waals surface area contributed by atoms with Crippen molar-refractivity contribution in [1.82, 2.24) is 19.9 Å². The number of hydrogen-bond donors (Lipinski definition) is 1. The van der Waals surface area contributed by atoms with Crippen molar-refractivity contribution < 1.29 is 13.9 Å². The zero-order chi connectivity index (χ0) is 20.5. The van der Waals surface area contributed by atoms with Crippen LogP contribution in [0.25, 0.3) is 5.65 Å². The zero-order valence-corrected chi connectivity index (χ0v) is 17.1. The molecule has 152 valence electrons. The molecule has 1 N–H and O–H groups in total. The number of ether oxygens (including phenoxy) is 1. The second-order valence-corrected chi connectivity index (χ2v) is 7.68. The predicted molar refractivity (Wildman–Crippen MR) is 108 cm³/mol. The molecule has 1 aliphatic heterocycles. The lowest BCUT2D eigenvalue weighted by molar-refractivity contribution is 0.0859. The van der Waals surface area contributed by atoms with Gasteiger partial charge >= 0.3 is 0 Å². The van der Waals surface area contributed by atoms with Crippen molar-refractivity contribution in [1.29, 1.82) is 0 Å². The lowest BCUT2D eigenvalue weighted by Gasteiger charge is -2.13. The van der Waals surface area contributed by atoms with Gasteiger partial charge in [-0.05, 0) is 44.4 Å². The molecular formula is C21H22ClFN4O2. The molecule has 1 fully saturated rings. The number of rotatable bonds is 5. The molecule has 2 aromatic heterocycles. The maximum Gasteiger partial charge on any atom is 0.256 e. The lowest BCUT2D eigenvalue weighted by Crippen LogP contribution is -2.31. The van der Waals surface area contributed by atoms with Gasteiger partial charge in [0.25, 0.3) is 5.91 Å². The Balaban J connectivity index is 1.63. The first-order valence-electron chi connectivity index (χ1n) is 9.62. The van der Waals surface area contributed by atoms with Gasteiger partial charge in [-0.1, -0.05) is 17.7 Å². The van der Waals surface area contributed by atoms with Gasteiger partial charge < -0.3 is 10.1 Å². The van der Waals surface area contributed by atoms with Crippen LogP contribution in [-0.2, 0) is 11.2 Å². The highest BCUT2D eigenvalue weighted by atomic mass is 35.5. The number of halogens is 2. The molecule has 0 aliphatic carbocycles. The summed E-state index contributed by atoms with van der Waals surface area (Å²) in [7, 11) is 0. The number of amides is 1. The van der Waals surface area contributed by atoms with E-state index in [4.69, 9.17) is 16.3 Å². The van der Waals surface area contributed by atoms with Gasteiger partial charge in [0.05, 0.1) is 12.3 Å². The minimum atomic E-state index is -0.355. The Labute approximate surface area is 173 Å². The molecule has 1 saturated heterocycles. The van der Waals surface area contributed by atoms with Gasteiger partial charge in [0.1, 0.15) is 11.4 Å². The first-order chi connectivity index (χ1) is 14.0. The summed E-state index contributed by atoms with van der Waals surface area (Å²) in [6.07, 6.45) is 3.85. The number of aryl methyl sites for hydroxylation is 2. The molecule has 3 aromatic rings. The van der Waals surface area contributed by atoms with Crippen LogP contribution in [0, 0.1) is 19.7 Å². The van der Waals surface area contributed by atoms with Crippen LogP contribution < -0.4 is 5.32 Å². The standard InChI is InChI=1S/C21H22ClFN4O2/c1-12-15(9-16-18(22)6-3-7-19(16)23)13(2)27-20(26-12)17(11-25-27)21(28)24-10-14-5-4-8-29-14/h3,6-7,11,14H,4-5,8-10H2,1-2H3,(H,24,28)/t14-/m1/s1. The van der Waals surface area contributed by atoms with Gasteiger partial charge in [0.15, 0.2) is 5.65 Å². The van der Waals surface area contributed by atoms with Gasteiger partial charge in [-0.3, -0.25) is 4.79 Å². The number of hydrogen-bond acceptors (Lipinski definition) is 4. The molecule has 3 heterocycles. The van der Waals surface area contributed by atoms with Crippen LogP contribution in [0.15, 0.2) is 24.4 Å². The molecular weight excluding hydrogens is 395 g/mol. The molecule has 0 radical (unpaired) electrons. The highest BCUT2D eigenvalue weighted by Gasteiger charge is 2.21. The lowest BCUT2D eigenvalue weighted by atomic mass is 10.0. The number of aromatic nitrogens is 3. The fraction of sp³-hybridized carbons (Fsp3) is 0.381. The molecule has 1 aromatic carbocycles. The Morgan fingerprint density at radius 3 is 2.93 bits per heavy atom. The minimum absolute atomic E-state index is 0.0642. The zero-order valence-electron chi connectivity index (χ0n) is 16.3. The molecule has 4 rings (SSSR count). The maximum atomic E-state index is 14.2. The van der Waals surface area contributed by atoms with E-state index in [1.807, 2.05) is 13.8 Å². The van der Waals surface area contributed by atoms with Gasteiger partial charge in [-0.25, -0.2) is 13.9 Å². The first kappa shape index (κ1) is 19.8. The van der Waals surface area contributed by atoms with Crippen LogP contribution in [0.3, 0.4) is 0 Å². The Hall–Kier alpha value is -2.51. The minimum Gasteiger partial charge on any atom is -0.376 e. The van der Waals surface area contributed by atoms with Crippen molar-refractivity contribution in [3.63, 3.8) is 0 Å². The quantitative estimate of drug-likeness (QED) is 0.689. The Morgan fingerprint density at radius 2 is 2.21 bits per heavy atom. The van der Waals surface area contributed by atoms with Crippen molar-refractivity contribution >= 4 is 23.2 Å². The van der Waals surface area contributed by atoms with Gasteiger partial charge in [0, 0.05) is 41.5 Å². The van der Waals surface area contributed by atoms with E-state index in [2.05, 4.69) is 15.4 Å². The average Bonchev–Trinajstić information content (AvgIpc) is 3.35. The van der Waals surface area contributed by atoms with E-state index in [0.717, 1.165) is 30.7 Å². The summed E-state index contributed by atoms with van der Waals surface area (Å²) in [5.74, 6) is -0.585. The summed E-state index contributed by atoms with van der Waals surface area (Å²) >= 11 is 6.19. The Kier molecular flexibility index (Phi) is 5.52. The third-order valence-electron chi connectivity index (χ3n) is 5.38. The SMILES string of the molecule is Cc1nc2c(C(=O)NC[C@H]3CCCO3)cnn2c(C)c1Cc1c(F)cccc1Cl. The molecule has 0 unspecified atom stereocenters. The normalized spacial score (nSPS) is 16.5. The van der Waals surface area contributed by atoms with Crippen molar-refractivity contribution in [3.05, 3.63) is 63.3 Å². The molecule has 1 amide bonds. The average molecular weight is 417 g/mol. The van der Waals surface area contributed by atoms with Crippen molar-refractivity contribution in [2.24, 2.45) is 0 Å². The summed E-state index contributed by atoms with van der Waals surface area (Å²) in [4.78, 5) is 17.2. The summed E-state index contributed by atoms with van der Waals surface area (Å²) in [5, 5.41) is 7.62. The largest absolute Gasteiger partial charge is 0.376 e. The monoisotopic (exact) mass is 416 g/mol. The highest BCUT2D eigenvalue weighted by molar-refractivity contribution is 6.31. The van der Waals surface area contributed by atoms with Gasteiger partial charge in [-0.15, -0.1) is 0 Å². The second-order valence-electron chi connectivity index (χ2n) is 7.28. The van der Waals surface area contributed by atoms with Crippen LogP contribution >= 0.6 is 11.6 Å². The summed E-state index contributed by atoms with van der Waals surface area (Å²) < 4.78 is 21.4. The molecule has 0 saturated carbocycles. The van der Waals surface area contributed by atoms with E-state index < -0.39 is 0 Å². The molecule has 6 nitrogen and oxygen atoms in total. The van der Waals surface area contributed by atoms with E-state index in [1.54, 1.807) is 16.6 Å². The number of carbonyl (C=O) groups excluding carboxylic acids is 1. The van der Waals surface area contributed by atoms with Crippen LogP contribution in [0.1, 0.15) is 45.7 Å². The predicted octanol–water partition coefficient (Wildman–Crippen LogP) is 3.64. The van der Waals surface area contributed by atoms with Crippen LogP contribution in [-0.4, -0.2) is 39.8 Å². The summed E-state index contributed by atoms with van der Waals surface area (Å²) in [6, 6.07) is 4.64. The van der Waals surface area contributed by atoms with E-state index in [0.29, 0.717) is 40.5 Å². The van der Waals surface area contributed by atoms with E-state index >= 15 is 0 Å². The fourth-order valence-electron chi connectivity index (χ4n) is 3.71. The van der Waals surface area contributed by atoms with Gasteiger partial charge in [0.2, 0.25) is 0 Å². The van der Waals surface area contributed by atoms with Crippen molar-refractivity contribution in [2.45, 2.75) is 39.2 Å². The number of carbonyl (C=O) groups is 1. The molecule has 0 spiro atoms.